The van der Waals surface area contributed by atoms with E-state index in [4.69, 9.17) is 5.73 Å². The maximum atomic E-state index is 13.2. The fourth-order valence-corrected chi connectivity index (χ4v) is 1.70. The molecule has 1 aromatic heterocycles. The summed E-state index contributed by atoms with van der Waals surface area (Å²) < 4.78 is 14.9. The van der Waals surface area contributed by atoms with Crippen LogP contribution < -0.4 is 5.73 Å². The molecule has 0 radical (unpaired) electrons. The molecule has 0 spiro atoms. The first-order valence-electron chi connectivity index (χ1n) is 6.30. The quantitative estimate of drug-likeness (QED) is 0.860. The predicted octanol–water partition coefficient (Wildman–Crippen LogP) is 2.35. The van der Waals surface area contributed by atoms with Crippen molar-refractivity contribution in [3.63, 3.8) is 0 Å². The Labute approximate surface area is 111 Å². The summed E-state index contributed by atoms with van der Waals surface area (Å²) in [5.74, 6) is 1.16. The molecule has 0 bridgehead atoms. The van der Waals surface area contributed by atoms with Crippen LogP contribution in [0.5, 0.6) is 0 Å². The highest BCUT2D eigenvalue weighted by Crippen LogP contribution is 2.22. The van der Waals surface area contributed by atoms with Gasteiger partial charge in [0.2, 0.25) is 0 Å². The Bertz CT molecular complexity index is 564. The van der Waals surface area contributed by atoms with Crippen LogP contribution in [-0.2, 0) is 6.54 Å². The zero-order valence-corrected chi connectivity index (χ0v) is 11.3. The first-order chi connectivity index (χ1) is 8.99. The summed E-state index contributed by atoms with van der Waals surface area (Å²) >= 11 is 0. The lowest BCUT2D eigenvalue weighted by Crippen LogP contribution is -2.15. The monoisotopic (exact) mass is 263 g/mol. The summed E-state index contributed by atoms with van der Waals surface area (Å²) in [6.45, 7) is 7.18. The van der Waals surface area contributed by atoms with Gasteiger partial charge in [-0.05, 0) is 40.5 Å². The van der Waals surface area contributed by atoms with E-state index in [-0.39, 0.29) is 5.69 Å². The molecule has 0 fully saturated rings. The molecule has 0 aliphatic heterocycles. The second kappa shape index (κ2) is 5.34. The van der Waals surface area contributed by atoms with Gasteiger partial charge in [-0.15, -0.1) is 5.10 Å². The van der Waals surface area contributed by atoms with E-state index in [2.05, 4.69) is 36.3 Å². The third kappa shape index (κ3) is 2.89. The highest BCUT2D eigenvalue weighted by atomic mass is 19.1. The number of aromatic nitrogens is 4. The van der Waals surface area contributed by atoms with Crippen molar-refractivity contribution in [1.29, 1.82) is 0 Å². The Hall–Kier alpha value is -1.98. The number of benzene rings is 1. The zero-order valence-electron chi connectivity index (χ0n) is 11.3. The van der Waals surface area contributed by atoms with E-state index < -0.39 is 5.82 Å². The second-order valence-electron chi connectivity index (χ2n) is 5.14. The van der Waals surface area contributed by atoms with Crippen molar-refractivity contribution in [3.8, 4) is 11.4 Å². The van der Waals surface area contributed by atoms with Gasteiger partial charge in [0.1, 0.15) is 5.82 Å². The highest BCUT2D eigenvalue weighted by molar-refractivity contribution is 5.61. The van der Waals surface area contributed by atoms with Crippen molar-refractivity contribution in [2.75, 3.05) is 5.73 Å². The van der Waals surface area contributed by atoms with Gasteiger partial charge in [-0.1, -0.05) is 20.8 Å². The van der Waals surface area contributed by atoms with Crippen molar-refractivity contribution >= 4 is 5.69 Å². The van der Waals surface area contributed by atoms with Gasteiger partial charge in [-0.3, -0.25) is 0 Å². The molecular formula is C13H18FN5. The van der Waals surface area contributed by atoms with E-state index in [0.717, 1.165) is 12.1 Å². The number of nitrogens with zero attached hydrogens (tertiary/aromatic N) is 4. The summed E-state index contributed by atoms with van der Waals surface area (Å²) in [5.41, 5.74) is 6.40. The van der Waals surface area contributed by atoms with Crippen molar-refractivity contribution in [2.24, 2.45) is 11.8 Å². The minimum atomic E-state index is -0.432. The average Bonchev–Trinajstić information content (AvgIpc) is 2.80. The Kier molecular flexibility index (Phi) is 3.78. The molecule has 1 unspecified atom stereocenters. The molecule has 1 atom stereocenters. The van der Waals surface area contributed by atoms with Crippen LogP contribution in [-0.4, -0.2) is 20.2 Å². The lowest BCUT2D eigenvalue weighted by atomic mass is 9.98. The third-order valence-corrected chi connectivity index (χ3v) is 3.39. The van der Waals surface area contributed by atoms with Gasteiger partial charge in [0, 0.05) is 12.1 Å². The number of halogens is 1. The number of nitrogens with two attached hydrogens (primary N) is 1. The van der Waals surface area contributed by atoms with Gasteiger partial charge in [-0.2, -0.15) is 0 Å². The molecule has 2 aromatic rings. The first-order valence-corrected chi connectivity index (χ1v) is 6.30. The molecule has 0 aliphatic rings. The standard InChI is InChI=1S/C13H18FN5/c1-8(2)9(3)7-19-13(16-17-18-19)10-4-5-11(14)12(15)6-10/h4-6,8-9H,7,15H2,1-3H3. The minimum absolute atomic E-state index is 0.101. The topological polar surface area (TPSA) is 69.6 Å². The van der Waals surface area contributed by atoms with Gasteiger partial charge in [0.05, 0.1) is 5.69 Å². The summed E-state index contributed by atoms with van der Waals surface area (Å²) in [6.07, 6.45) is 0. The van der Waals surface area contributed by atoms with Crippen LogP contribution >= 0.6 is 0 Å². The molecule has 0 aliphatic carbocycles. The Balaban J connectivity index is 2.30. The molecule has 1 aromatic carbocycles. The van der Waals surface area contributed by atoms with Crippen molar-refractivity contribution in [2.45, 2.75) is 27.3 Å². The van der Waals surface area contributed by atoms with Crippen LogP contribution in [0.1, 0.15) is 20.8 Å². The fourth-order valence-electron chi connectivity index (χ4n) is 1.70. The average molecular weight is 263 g/mol. The van der Waals surface area contributed by atoms with Crippen molar-refractivity contribution in [3.05, 3.63) is 24.0 Å². The van der Waals surface area contributed by atoms with E-state index >= 15 is 0 Å². The van der Waals surface area contributed by atoms with Gasteiger partial charge < -0.3 is 5.73 Å². The van der Waals surface area contributed by atoms with Crippen LogP contribution in [0.3, 0.4) is 0 Å². The normalized spacial score (nSPS) is 12.9. The summed E-state index contributed by atoms with van der Waals surface area (Å²) in [7, 11) is 0. The molecule has 6 heteroatoms. The molecule has 0 saturated heterocycles. The maximum absolute atomic E-state index is 13.2. The fraction of sp³-hybridized carbons (Fsp3) is 0.462. The highest BCUT2D eigenvalue weighted by Gasteiger charge is 2.15. The van der Waals surface area contributed by atoms with Gasteiger partial charge in [-0.25, -0.2) is 9.07 Å². The van der Waals surface area contributed by atoms with Crippen LogP contribution in [0.15, 0.2) is 18.2 Å². The van der Waals surface area contributed by atoms with Gasteiger partial charge >= 0.3 is 0 Å². The second-order valence-corrected chi connectivity index (χ2v) is 5.14. The number of anilines is 1. The van der Waals surface area contributed by atoms with Crippen molar-refractivity contribution < 1.29 is 4.39 Å². The SMILES string of the molecule is CC(C)C(C)Cn1nnnc1-c1ccc(F)c(N)c1. The van der Waals surface area contributed by atoms with E-state index in [0.29, 0.717) is 17.7 Å². The number of hydrogen-bond acceptors (Lipinski definition) is 4. The predicted molar refractivity (Wildman–Crippen MR) is 71.6 cm³/mol. The first kappa shape index (κ1) is 13.5. The molecule has 2 rings (SSSR count). The number of nitrogen functional groups attached to an aromatic ring is 1. The van der Waals surface area contributed by atoms with E-state index in [1.165, 1.54) is 6.07 Å². The third-order valence-electron chi connectivity index (χ3n) is 3.39. The summed E-state index contributed by atoms with van der Waals surface area (Å²) in [4.78, 5) is 0. The molecule has 1 heterocycles. The smallest absolute Gasteiger partial charge is 0.182 e. The Morgan fingerprint density at radius 3 is 2.68 bits per heavy atom. The largest absolute Gasteiger partial charge is 0.396 e. The van der Waals surface area contributed by atoms with Gasteiger partial charge in [0.25, 0.3) is 0 Å². The van der Waals surface area contributed by atoms with E-state index in [9.17, 15) is 4.39 Å². The summed E-state index contributed by atoms with van der Waals surface area (Å²) in [6, 6.07) is 4.51. The zero-order chi connectivity index (χ0) is 14.0. The molecule has 5 nitrogen and oxygen atoms in total. The Morgan fingerprint density at radius 2 is 2.05 bits per heavy atom. The number of rotatable bonds is 4. The Morgan fingerprint density at radius 1 is 1.32 bits per heavy atom. The lowest BCUT2D eigenvalue weighted by Gasteiger charge is -2.15. The summed E-state index contributed by atoms with van der Waals surface area (Å²) in [5, 5.41) is 11.7. The molecule has 0 saturated carbocycles. The molecule has 19 heavy (non-hydrogen) atoms. The molecule has 2 N–H and O–H groups in total. The molecular weight excluding hydrogens is 245 g/mol. The van der Waals surface area contributed by atoms with Gasteiger partial charge in [0.15, 0.2) is 5.82 Å². The van der Waals surface area contributed by atoms with E-state index in [1.807, 2.05) is 0 Å². The lowest BCUT2D eigenvalue weighted by molar-refractivity contribution is 0.347. The number of hydrogen-bond donors (Lipinski definition) is 1. The molecule has 102 valence electrons. The van der Waals surface area contributed by atoms with Crippen LogP contribution in [0.25, 0.3) is 11.4 Å². The van der Waals surface area contributed by atoms with E-state index in [1.54, 1.807) is 16.8 Å². The van der Waals surface area contributed by atoms with Crippen molar-refractivity contribution in [1.82, 2.24) is 20.2 Å². The van der Waals surface area contributed by atoms with Crippen LogP contribution in [0.4, 0.5) is 10.1 Å². The minimum Gasteiger partial charge on any atom is -0.396 e. The number of tetrazole rings is 1. The maximum Gasteiger partial charge on any atom is 0.182 e. The molecule has 0 amide bonds. The van der Waals surface area contributed by atoms with Crippen LogP contribution in [0, 0.1) is 17.7 Å². The van der Waals surface area contributed by atoms with Crippen LogP contribution in [0.2, 0.25) is 0 Å².